The van der Waals surface area contributed by atoms with E-state index >= 15 is 0 Å². The molecule has 1 amide bonds. The fraction of sp³-hybridized carbons (Fsp3) is 0.238. The number of primary amides is 1. The lowest BCUT2D eigenvalue weighted by Crippen LogP contribution is -2.29. The molecule has 0 unspecified atom stereocenters. The number of amides is 1. The van der Waals surface area contributed by atoms with Crippen molar-refractivity contribution < 1.29 is 19.4 Å². The predicted molar refractivity (Wildman–Crippen MR) is 99.4 cm³/mol. The smallest absolute Gasteiger partial charge is 0.221 e. The Hall–Kier alpha value is -3.28. The van der Waals surface area contributed by atoms with Crippen molar-refractivity contribution in [1.82, 2.24) is 4.40 Å². The third-order valence-corrected chi connectivity index (χ3v) is 4.51. The number of carboxylic acids is 1. The fourth-order valence-corrected chi connectivity index (χ4v) is 3.49. The maximum absolute atomic E-state index is 11.7. The number of aromatic nitrogens is 1. The van der Waals surface area contributed by atoms with Gasteiger partial charge >= 0.3 is 0 Å². The Morgan fingerprint density at radius 2 is 1.85 bits per heavy atom. The molecule has 2 heterocycles. The van der Waals surface area contributed by atoms with Crippen molar-refractivity contribution >= 4 is 17.4 Å². The molecule has 0 aliphatic heterocycles. The molecule has 0 spiro atoms. The first kappa shape index (κ1) is 18.5. The van der Waals surface area contributed by atoms with Gasteiger partial charge in [0.15, 0.2) is 0 Å². The van der Waals surface area contributed by atoms with Crippen LogP contribution >= 0.6 is 0 Å². The summed E-state index contributed by atoms with van der Waals surface area (Å²) < 4.78 is 7.40. The third kappa shape index (κ3) is 3.95. The van der Waals surface area contributed by atoms with Crippen molar-refractivity contribution in [1.29, 1.82) is 0 Å². The minimum Gasteiger partial charge on any atom is -0.546 e. The minimum atomic E-state index is -1.31. The number of nitrogens with two attached hydrogens (primary N) is 1. The van der Waals surface area contributed by atoms with E-state index in [0.717, 1.165) is 22.4 Å². The topological polar surface area (TPSA) is 96.9 Å². The summed E-state index contributed by atoms with van der Waals surface area (Å²) in [5, 5.41) is 10.8. The number of nitrogens with zero attached hydrogens (tertiary/aromatic N) is 1. The highest BCUT2D eigenvalue weighted by molar-refractivity contribution is 5.83. The van der Waals surface area contributed by atoms with Crippen LogP contribution in [0.3, 0.4) is 0 Å². The van der Waals surface area contributed by atoms with Crippen molar-refractivity contribution in [2.24, 2.45) is 5.73 Å². The number of pyridine rings is 1. The Labute approximate surface area is 157 Å². The number of carbonyl (C=O) groups is 2. The van der Waals surface area contributed by atoms with Crippen molar-refractivity contribution in [2.75, 3.05) is 6.61 Å². The third-order valence-electron chi connectivity index (χ3n) is 4.51. The normalized spacial score (nSPS) is 10.9. The summed E-state index contributed by atoms with van der Waals surface area (Å²) in [7, 11) is 0. The zero-order valence-corrected chi connectivity index (χ0v) is 15.1. The number of ether oxygens (including phenoxy) is 1. The monoisotopic (exact) mass is 365 g/mol. The summed E-state index contributed by atoms with van der Waals surface area (Å²) in [5.74, 6) is -1.36. The SMILES string of the molecule is CCc1c(CC(N)=O)c2c(OCC(=O)[O-])cccn2c1Cc1ccccc1. The molecule has 0 aliphatic carbocycles. The summed E-state index contributed by atoms with van der Waals surface area (Å²) in [5.41, 5.74) is 10.1. The van der Waals surface area contributed by atoms with Gasteiger partial charge in [-0.3, -0.25) is 4.79 Å². The Bertz CT molecular complexity index is 977. The molecule has 0 atom stereocenters. The van der Waals surface area contributed by atoms with Crippen LogP contribution in [0.5, 0.6) is 5.75 Å². The Morgan fingerprint density at radius 3 is 2.48 bits per heavy atom. The number of benzene rings is 1. The molecule has 0 aliphatic rings. The Morgan fingerprint density at radius 1 is 1.11 bits per heavy atom. The molecule has 0 saturated heterocycles. The van der Waals surface area contributed by atoms with Crippen LogP contribution in [0.4, 0.5) is 0 Å². The van der Waals surface area contributed by atoms with E-state index in [-0.39, 0.29) is 6.42 Å². The number of hydrogen-bond acceptors (Lipinski definition) is 4. The van der Waals surface area contributed by atoms with Gasteiger partial charge in [-0.05, 0) is 35.2 Å². The van der Waals surface area contributed by atoms with Gasteiger partial charge in [-0.25, -0.2) is 0 Å². The molecule has 2 aromatic heterocycles. The van der Waals surface area contributed by atoms with Gasteiger partial charge < -0.3 is 24.8 Å². The molecule has 0 fully saturated rings. The van der Waals surface area contributed by atoms with Crippen LogP contribution < -0.4 is 15.6 Å². The lowest BCUT2D eigenvalue weighted by atomic mass is 10.00. The second-order valence-corrected chi connectivity index (χ2v) is 6.31. The maximum atomic E-state index is 11.7. The van der Waals surface area contributed by atoms with E-state index in [2.05, 4.69) is 0 Å². The quantitative estimate of drug-likeness (QED) is 0.650. The van der Waals surface area contributed by atoms with Crippen LogP contribution in [-0.2, 0) is 28.9 Å². The maximum Gasteiger partial charge on any atom is 0.221 e. The van der Waals surface area contributed by atoms with Crippen LogP contribution in [0.25, 0.3) is 5.52 Å². The van der Waals surface area contributed by atoms with Gasteiger partial charge in [-0.2, -0.15) is 0 Å². The van der Waals surface area contributed by atoms with Gasteiger partial charge in [0.05, 0.1) is 17.9 Å². The molecule has 140 valence electrons. The molecule has 0 bridgehead atoms. The average Bonchev–Trinajstić information content (AvgIpc) is 2.93. The molecule has 0 saturated carbocycles. The highest BCUT2D eigenvalue weighted by Gasteiger charge is 2.21. The number of carbonyl (C=O) groups excluding carboxylic acids is 2. The van der Waals surface area contributed by atoms with Crippen LogP contribution in [0.15, 0.2) is 48.7 Å². The Balaban J connectivity index is 2.20. The van der Waals surface area contributed by atoms with Crippen LogP contribution in [-0.4, -0.2) is 22.9 Å². The molecule has 3 rings (SSSR count). The summed E-state index contributed by atoms with van der Waals surface area (Å²) in [6, 6.07) is 13.5. The standard InChI is InChI=1S/C21H22N2O4/c1-2-15-16(12-19(22)24)21-18(27-13-20(25)26)9-6-10-23(21)17(15)11-14-7-4-3-5-8-14/h3-10H,2,11-13H2,1H3,(H2,22,24)(H,25,26)/p-1. The minimum absolute atomic E-state index is 0.0627. The van der Waals surface area contributed by atoms with Gasteiger partial charge in [0, 0.05) is 18.3 Å². The zero-order chi connectivity index (χ0) is 19.4. The second-order valence-electron chi connectivity index (χ2n) is 6.31. The van der Waals surface area contributed by atoms with Crippen molar-refractivity contribution in [3.8, 4) is 5.75 Å². The predicted octanol–water partition coefficient (Wildman–Crippen LogP) is 1.25. The molecular weight excluding hydrogens is 344 g/mol. The van der Waals surface area contributed by atoms with Gasteiger partial charge in [0.1, 0.15) is 12.4 Å². The first-order valence-electron chi connectivity index (χ1n) is 8.79. The van der Waals surface area contributed by atoms with E-state index in [1.165, 1.54) is 0 Å². The summed E-state index contributed by atoms with van der Waals surface area (Å²) in [6.45, 7) is 1.46. The molecule has 6 heteroatoms. The van der Waals surface area contributed by atoms with E-state index in [4.69, 9.17) is 10.5 Å². The van der Waals surface area contributed by atoms with E-state index in [0.29, 0.717) is 24.1 Å². The van der Waals surface area contributed by atoms with Crippen molar-refractivity contribution in [3.05, 3.63) is 71.0 Å². The van der Waals surface area contributed by atoms with Gasteiger partial charge in [-0.1, -0.05) is 37.3 Å². The molecule has 6 nitrogen and oxygen atoms in total. The Kier molecular flexibility index (Phi) is 5.45. The highest BCUT2D eigenvalue weighted by atomic mass is 16.5. The number of hydrogen-bond donors (Lipinski definition) is 1. The van der Waals surface area contributed by atoms with Crippen molar-refractivity contribution in [3.63, 3.8) is 0 Å². The van der Waals surface area contributed by atoms with E-state index in [9.17, 15) is 14.7 Å². The van der Waals surface area contributed by atoms with Crippen LogP contribution in [0, 0.1) is 0 Å². The van der Waals surface area contributed by atoms with E-state index < -0.39 is 18.5 Å². The molecular formula is C21H21N2O4-. The second kappa shape index (κ2) is 7.95. The number of rotatable bonds is 8. The lowest BCUT2D eigenvalue weighted by Gasteiger charge is -2.11. The average molecular weight is 365 g/mol. The van der Waals surface area contributed by atoms with E-state index in [1.807, 2.05) is 47.9 Å². The lowest BCUT2D eigenvalue weighted by molar-refractivity contribution is -0.307. The zero-order valence-electron chi connectivity index (χ0n) is 15.1. The summed E-state index contributed by atoms with van der Waals surface area (Å²) in [4.78, 5) is 22.5. The van der Waals surface area contributed by atoms with Gasteiger partial charge in [0.2, 0.25) is 5.91 Å². The molecule has 0 radical (unpaired) electrons. The largest absolute Gasteiger partial charge is 0.546 e. The van der Waals surface area contributed by atoms with Crippen LogP contribution in [0.1, 0.15) is 29.3 Å². The number of fused-ring (bicyclic) bond motifs is 1. The van der Waals surface area contributed by atoms with Crippen LogP contribution in [0.2, 0.25) is 0 Å². The summed E-state index contributed by atoms with van der Waals surface area (Å²) in [6.07, 6.45) is 3.34. The fourth-order valence-electron chi connectivity index (χ4n) is 3.49. The molecule has 3 aromatic rings. The summed E-state index contributed by atoms with van der Waals surface area (Å²) >= 11 is 0. The molecule has 1 aromatic carbocycles. The van der Waals surface area contributed by atoms with Gasteiger partial charge in [-0.15, -0.1) is 0 Å². The first-order valence-corrected chi connectivity index (χ1v) is 8.79. The van der Waals surface area contributed by atoms with Gasteiger partial charge in [0.25, 0.3) is 0 Å². The molecule has 27 heavy (non-hydrogen) atoms. The van der Waals surface area contributed by atoms with Crippen molar-refractivity contribution in [2.45, 2.75) is 26.2 Å². The first-order chi connectivity index (χ1) is 13.0. The molecule has 2 N–H and O–H groups in total. The number of carboxylic acid groups (broad SMARTS) is 1. The number of aliphatic carboxylic acids is 1. The highest BCUT2D eigenvalue weighted by Crippen LogP contribution is 2.33. The van der Waals surface area contributed by atoms with E-state index in [1.54, 1.807) is 12.1 Å².